The minimum absolute atomic E-state index is 0.209. The van der Waals surface area contributed by atoms with Crippen LogP contribution in [0.25, 0.3) is 11.0 Å². The van der Waals surface area contributed by atoms with Crippen LogP contribution in [0.4, 0.5) is 0 Å². The van der Waals surface area contributed by atoms with Crippen molar-refractivity contribution < 1.29 is 4.79 Å². The van der Waals surface area contributed by atoms with Gasteiger partial charge in [-0.05, 0) is 38.8 Å². The first-order valence-corrected chi connectivity index (χ1v) is 7.65. The summed E-state index contributed by atoms with van der Waals surface area (Å²) in [6, 6.07) is 8.06. The first kappa shape index (κ1) is 15.7. The molecule has 2 rings (SSSR count). The summed E-state index contributed by atoms with van der Waals surface area (Å²) in [7, 11) is 0. The van der Waals surface area contributed by atoms with E-state index in [1.54, 1.807) is 0 Å². The van der Waals surface area contributed by atoms with E-state index in [-0.39, 0.29) is 11.3 Å². The standard InChI is InChI=1S/C17H25N3O/c1-4-11-20-15-8-6-5-7-14(15)19-16(20)12-13(21)9-10-17(2,3)18/h5-8H,4,9-12,18H2,1-3H3. The van der Waals surface area contributed by atoms with Crippen LogP contribution in [-0.2, 0) is 17.8 Å². The molecule has 114 valence electrons. The molecule has 1 heterocycles. The van der Waals surface area contributed by atoms with Crippen molar-refractivity contribution in [1.29, 1.82) is 0 Å². The Kier molecular flexibility index (Phi) is 4.78. The molecule has 2 aromatic rings. The molecule has 0 aliphatic rings. The number of nitrogens with zero attached hydrogens (tertiary/aromatic N) is 2. The summed E-state index contributed by atoms with van der Waals surface area (Å²) in [4.78, 5) is 16.8. The fraction of sp³-hybridized carbons (Fsp3) is 0.529. The Balaban J connectivity index is 2.17. The van der Waals surface area contributed by atoms with Gasteiger partial charge >= 0.3 is 0 Å². The smallest absolute Gasteiger partial charge is 0.140 e. The minimum Gasteiger partial charge on any atom is -0.328 e. The number of hydrogen-bond donors (Lipinski definition) is 1. The Labute approximate surface area is 126 Å². The van der Waals surface area contributed by atoms with Crippen molar-refractivity contribution in [3.63, 3.8) is 0 Å². The third-order valence-electron chi connectivity index (χ3n) is 3.58. The van der Waals surface area contributed by atoms with Crippen LogP contribution < -0.4 is 5.73 Å². The maximum absolute atomic E-state index is 12.2. The van der Waals surface area contributed by atoms with Gasteiger partial charge in [-0.1, -0.05) is 19.1 Å². The first-order chi connectivity index (χ1) is 9.90. The number of Topliss-reactive ketones (excluding diaryl/α,β-unsaturated/α-hetero) is 1. The van der Waals surface area contributed by atoms with Crippen LogP contribution in [0.1, 0.15) is 45.9 Å². The van der Waals surface area contributed by atoms with Crippen LogP contribution in [-0.4, -0.2) is 20.9 Å². The van der Waals surface area contributed by atoms with Gasteiger partial charge in [-0.2, -0.15) is 0 Å². The number of ketones is 1. The third-order valence-corrected chi connectivity index (χ3v) is 3.58. The van der Waals surface area contributed by atoms with Crippen LogP contribution >= 0.6 is 0 Å². The molecule has 4 nitrogen and oxygen atoms in total. The highest BCUT2D eigenvalue weighted by Gasteiger charge is 2.16. The largest absolute Gasteiger partial charge is 0.328 e. The highest BCUT2D eigenvalue weighted by atomic mass is 16.1. The zero-order chi connectivity index (χ0) is 15.5. The molecular formula is C17H25N3O. The average Bonchev–Trinajstić information content (AvgIpc) is 2.74. The van der Waals surface area contributed by atoms with Gasteiger partial charge in [-0.3, -0.25) is 4.79 Å². The fourth-order valence-corrected chi connectivity index (χ4v) is 2.46. The molecule has 2 N–H and O–H groups in total. The molecule has 0 aliphatic carbocycles. The topological polar surface area (TPSA) is 60.9 Å². The molecule has 0 spiro atoms. The molecule has 4 heteroatoms. The number of imidazole rings is 1. The number of carbonyl (C=O) groups excluding carboxylic acids is 1. The van der Waals surface area contributed by atoms with Crippen LogP contribution in [0.5, 0.6) is 0 Å². The van der Waals surface area contributed by atoms with E-state index in [2.05, 4.69) is 22.5 Å². The molecule has 1 aromatic carbocycles. The lowest BCUT2D eigenvalue weighted by Crippen LogP contribution is -2.32. The Morgan fingerprint density at radius 2 is 2.05 bits per heavy atom. The van der Waals surface area contributed by atoms with E-state index in [4.69, 9.17) is 5.73 Å². The van der Waals surface area contributed by atoms with Crippen molar-refractivity contribution in [2.24, 2.45) is 5.73 Å². The van der Waals surface area contributed by atoms with Gasteiger partial charge in [-0.15, -0.1) is 0 Å². The van der Waals surface area contributed by atoms with Gasteiger partial charge in [0.1, 0.15) is 11.6 Å². The van der Waals surface area contributed by atoms with Crippen molar-refractivity contribution in [1.82, 2.24) is 9.55 Å². The Morgan fingerprint density at radius 1 is 1.33 bits per heavy atom. The van der Waals surface area contributed by atoms with Crippen molar-refractivity contribution in [3.8, 4) is 0 Å². The van der Waals surface area contributed by atoms with Crippen LogP contribution in [0.15, 0.2) is 24.3 Å². The van der Waals surface area contributed by atoms with Gasteiger partial charge in [0.25, 0.3) is 0 Å². The molecule has 0 fully saturated rings. The van der Waals surface area contributed by atoms with E-state index in [0.717, 1.165) is 29.8 Å². The van der Waals surface area contributed by atoms with Gasteiger partial charge in [0.15, 0.2) is 0 Å². The van der Waals surface area contributed by atoms with Gasteiger partial charge in [0.05, 0.1) is 17.5 Å². The number of hydrogen-bond acceptors (Lipinski definition) is 3. The molecule has 0 bridgehead atoms. The summed E-state index contributed by atoms with van der Waals surface area (Å²) < 4.78 is 2.17. The summed E-state index contributed by atoms with van der Waals surface area (Å²) in [5, 5.41) is 0. The monoisotopic (exact) mass is 287 g/mol. The van der Waals surface area contributed by atoms with E-state index in [1.165, 1.54) is 0 Å². The summed E-state index contributed by atoms with van der Waals surface area (Å²) in [6.45, 7) is 6.93. The number of fused-ring (bicyclic) bond motifs is 1. The highest BCUT2D eigenvalue weighted by molar-refractivity contribution is 5.82. The van der Waals surface area contributed by atoms with Crippen molar-refractivity contribution in [2.75, 3.05) is 0 Å². The highest BCUT2D eigenvalue weighted by Crippen LogP contribution is 2.18. The molecule has 0 atom stereocenters. The molecule has 0 aliphatic heterocycles. The summed E-state index contributed by atoms with van der Waals surface area (Å²) in [5.41, 5.74) is 7.73. The lowest BCUT2D eigenvalue weighted by molar-refractivity contribution is -0.118. The Bertz CT molecular complexity index is 622. The van der Waals surface area contributed by atoms with Crippen molar-refractivity contribution >= 4 is 16.8 Å². The molecule has 0 saturated carbocycles. The van der Waals surface area contributed by atoms with Crippen molar-refractivity contribution in [3.05, 3.63) is 30.1 Å². The summed E-state index contributed by atoms with van der Waals surface area (Å²) in [5.74, 6) is 1.08. The van der Waals surface area contributed by atoms with Crippen molar-refractivity contribution in [2.45, 2.75) is 58.5 Å². The van der Waals surface area contributed by atoms with Gasteiger partial charge in [-0.25, -0.2) is 4.98 Å². The van der Waals surface area contributed by atoms with E-state index in [9.17, 15) is 4.79 Å². The quantitative estimate of drug-likeness (QED) is 0.851. The third kappa shape index (κ3) is 4.14. The molecule has 0 saturated heterocycles. The average molecular weight is 287 g/mol. The molecule has 1 aromatic heterocycles. The summed E-state index contributed by atoms with van der Waals surface area (Å²) >= 11 is 0. The van der Waals surface area contributed by atoms with Gasteiger partial charge in [0, 0.05) is 18.5 Å². The van der Waals surface area contributed by atoms with Gasteiger partial charge in [0.2, 0.25) is 0 Å². The molecule has 0 unspecified atom stereocenters. The molecule has 21 heavy (non-hydrogen) atoms. The number of benzene rings is 1. The molecule has 0 amide bonds. The maximum Gasteiger partial charge on any atom is 0.140 e. The summed E-state index contributed by atoms with van der Waals surface area (Å²) in [6.07, 6.45) is 2.64. The second-order valence-corrected chi connectivity index (χ2v) is 6.37. The van der Waals surface area contributed by atoms with Crippen LogP contribution in [0, 0.1) is 0 Å². The number of aromatic nitrogens is 2. The number of nitrogens with two attached hydrogens (primary N) is 1. The molecule has 0 radical (unpaired) electrons. The number of aryl methyl sites for hydroxylation is 1. The normalized spacial score (nSPS) is 12.0. The lowest BCUT2D eigenvalue weighted by Gasteiger charge is -2.17. The van der Waals surface area contributed by atoms with E-state index >= 15 is 0 Å². The number of carbonyl (C=O) groups is 1. The maximum atomic E-state index is 12.2. The predicted octanol–water partition coefficient (Wildman–Crippen LogP) is 3.08. The number of para-hydroxylation sites is 2. The predicted molar refractivity (Wildman–Crippen MR) is 86.2 cm³/mol. The van der Waals surface area contributed by atoms with E-state index in [0.29, 0.717) is 19.3 Å². The molecular weight excluding hydrogens is 262 g/mol. The van der Waals surface area contributed by atoms with E-state index in [1.807, 2.05) is 32.0 Å². The van der Waals surface area contributed by atoms with Crippen LogP contribution in [0.3, 0.4) is 0 Å². The van der Waals surface area contributed by atoms with Crippen LogP contribution in [0.2, 0.25) is 0 Å². The zero-order valence-corrected chi connectivity index (χ0v) is 13.2. The van der Waals surface area contributed by atoms with Gasteiger partial charge < -0.3 is 10.3 Å². The minimum atomic E-state index is -0.292. The van der Waals surface area contributed by atoms with E-state index < -0.39 is 0 Å². The lowest BCUT2D eigenvalue weighted by atomic mass is 9.97. The Hall–Kier alpha value is -1.68. The second kappa shape index (κ2) is 6.39. The zero-order valence-electron chi connectivity index (χ0n) is 13.2. The second-order valence-electron chi connectivity index (χ2n) is 6.37. The number of rotatable bonds is 7. The fourth-order valence-electron chi connectivity index (χ4n) is 2.46. The SMILES string of the molecule is CCCn1c(CC(=O)CCC(C)(C)N)nc2ccccc21. The Morgan fingerprint density at radius 3 is 2.71 bits per heavy atom. The first-order valence-electron chi connectivity index (χ1n) is 7.65.